The molecule has 0 saturated carbocycles. The summed E-state index contributed by atoms with van der Waals surface area (Å²) >= 11 is 15.5. The second kappa shape index (κ2) is 7.11. The highest BCUT2D eigenvalue weighted by atomic mass is 79.9. The first-order valence-corrected chi connectivity index (χ1v) is 7.60. The predicted molar refractivity (Wildman–Crippen MR) is 86.5 cm³/mol. The van der Waals surface area contributed by atoms with Crippen LogP contribution in [-0.2, 0) is 0 Å². The summed E-state index contributed by atoms with van der Waals surface area (Å²) in [5.41, 5.74) is 1.48. The van der Waals surface area contributed by atoms with Gasteiger partial charge in [0.25, 0.3) is 5.91 Å². The Balaban J connectivity index is 1.98. The maximum Gasteiger partial charge on any atom is 0.251 e. The molecule has 0 saturated heterocycles. The van der Waals surface area contributed by atoms with Crippen molar-refractivity contribution in [1.29, 1.82) is 0 Å². The van der Waals surface area contributed by atoms with Crippen molar-refractivity contribution in [2.75, 3.05) is 6.54 Å². The minimum Gasteiger partial charge on any atom is -0.350 e. The molecule has 0 bridgehead atoms. The lowest BCUT2D eigenvalue weighted by atomic mass is 10.1. The van der Waals surface area contributed by atoms with Gasteiger partial charge in [-0.05, 0) is 23.8 Å². The highest BCUT2D eigenvalue weighted by Gasteiger charge is 2.11. The van der Waals surface area contributed by atoms with E-state index in [9.17, 15) is 4.79 Å². The standard InChI is InChI=1S/C15H12BrCl2NO/c16-12-6-11(7-13(17)8-12)15(20)19-9-14(18)10-4-2-1-3-5-10/h1-8,14H,9H2,(H,19,20). The lowest BCUT2D eigenvalue weighted by molar-refractivity contribution is 0.0953. The van der Waals surface area contributed by atoms with Gasteiger partial charge < -0.3 is 5.32 Å². The smallest absolute Gasteiger partial charge is 0.251 e. The van der Waals surface area contributed by atoms with Crippen LogP contribution in [0.4, 0.5) is 0 Å². The van der Waals surface area contributed by atoms with Gasteiger partial charge in [0, 0.05) is 21.6 Å². The number of benzene rings is 2. The number of rotatable bonds is 4. The van der Waals surface area contributed by atoms with E-state index in [1.54, 1.807) is 18.2 Å². The van der Waals surface area contributed by atoms with Crippen LogP contribution >= 0.6 is 39.1 Å². The number of halogens is 3. The third kappa shape index (κ3) is 4.23. The molecule has 0 spiro atoms. The third-order valence-electron chi connectivity index (χ3n) is 2.73. The van der Waals surface area contributed by atoms with Crippen molar-refractivity contribution in [2.24, 2.45) is 0 Å². The number of alkyl halides is 1. The summed E-state index contributed by atoms with van der Waals surface area (Å²) in [6.07, 6.45) is 0. The number of amides is 1. The topological polar surface area (TPSA) is 29.1 Å². The van der Waals surface area contributed by atoms with Crippen LogP contribution in [0.5, 0.6) is 0 Å². The molecule has 0 aliphatic heterocycles. The first kappa shape index (κ1) is 15.4. The number of carbonyl (C=O) groups excluding carboxylic acids is 1. The van der Waals surface area contributed by atoms with E-state index in [0.717, 1.165) is 10.0 Å². The maximum absolute atomic E-state index is 12.0. The van der Waals surface area contributed by atoms with Crippen molar-refractivity contribution < 1.29 is 4.79 Å². The van der Waals surface area contributed by atoms with Gasteiger partial charge in [0.15, 0.2) is 0 Å². The van der Waals surface area contributed by atoms with Crippen LogP contribution in [0.2, 0.25) is 5.02 Å². The lowest BCUT2D eigenvalue weighted by Gasteiger charge is -2.11. The van der Waals surface area contributed by atoms with Crippen molar-refractivity contribution in [2.45, 2.75) is 5.38 Å². The van der Waals surface area contributed by atoms with Crippen LogP contribution in [0.1, 0.15) is 21.3 Å². The average Bonchev–Trinajstić information content (AvgIpc) is 2.44. The van der Waals surface area contributed by atoms with Gasteiger partial charge in [-0.3, -0.25) is 4.79 Å². The van der Waals surface area contributed by atoms with E-state index in [-0.39, 0.29) is 11.3 Å². The third-order valence-corrected chi connectivity index (χ3v) is 3.81. The molecule has 0 aliphatic carbocycles. The Hall–Kier alpha value is -1.03. The number of hydrogen-bond donors (Lipinski definition) is 1. The Bertz CT molecular complexity index is 584. The molecule has 1 atom stereocenters. The van der Waals surface area contributed by atoms with E-state index >= 15 is 0 Å². The van der Waals surface area contributed by atoms with Crippen LogP contribution in [-0.4, -0.2) is 12.5 Å². The summed E-state index contributed by atoms with van der Waals surface area (Å²) in [6.45, 7) is 0.356. The predicted octanol–water partition coefficient (Wildman–Crippen LogP) is 4.81. The van der Waals surface area contributed by atoms with E-state index in [2.05, 4.69) is 21.2 Å². The van der Waals surface area contributed by atoms with E-state index in [1.165, 1.54) is 0 Å². The van der Waals surface area contributed by atoms with Crippen LogP contribution in [0.15, 0.2) is 53.0 Å². The zero-order valence-electron chi connectivity index (χ0n) is 10.4. The molecule has 1 amide bonds. The van der Waals surface area contributed by atoms with Crippen molar-refractivity contribution in [3.8, 4) is 0 Å². The molecule has 0 heterocycles. The van der Waals surface area contributed by atoms with Gasteiger partial charge in [-0.15, -0.1) is 11.6 Å². The zero-order valence-corrected chi connectivity index (χ0v) is 13.5. The van der Waals surface area contributed by atoms with Gasteiger partial charge in [-0.1, -0.05) is 57.9 Å². The van der Waals surface area contributed by atoms with Crippen LogP contribution in [0.25, 0.3) is 0 Å². The summed E-state index contributed by atoms with van der Waals surface area (Å²) in [4.78, 5) is 12.0. The fourth-order valence-electron chi connectivity index (χ4n) is 1.75. The molecule has 0 aliphatic rings. The SMILES string of the molecule is O=C(NCC(Cl)c1ccccc1)c1cc(Cl)cc(Br)c1. The number of hydrogen-bond acceptors (Lipinski definition) is 1. The highest BCUT2D eigenvalue weighted by molar-refractivity contribution is 9.10. The van der Waals surface area contributed by atoms with E-state index in [4.69, 9.17) is 23.2 Å². The maximum atomic E-state index is 12.0. The van der Waals surface area contributed by atoms with Gasteiger partial charge >= 0.3 is 0 Å². The van der Waals surface area contributed by atoms with Crippen molar-refractivity contribution in [1.82, 2.24) is 5.32 Å². The molecular weight excluding hydrogens is 361 g/mol. The first-order valence-electron chi connectivity index (χ1n) is 5.99. The largest absolute Gasteiger partial charge is 0.350 e. The van der Waals surface area contributed by atoms with Gasteiger partial charge in [-0.2, -0.15) is 0 Å². The molecule has 2 aromatic rings. The highest BCUT2D eigenvalue weighted by Crippen LogP contribution is 2.21. The summed E-state index contributed by atoms with van der Waals surface area (Å²) in [7, 11) is 0. The number of carbonyl (C=O) groups is 1. The fraction of sp³-hybridized carbons (Fsp3) is 0.133. The summed E-state index contributed by atoms with van der Waals surface area (Å²) in [5, 5.41) is 3.05. The molecule has 2 nitrogen and oxygen atoms in total. The Morgan fingerprint density at radius 1 is 1.20 bits per heavy atom. The van der Waals surface area contributed by atoms with Gasteiger partial charge in [0.1, 0.15) is 0 Å². The molecule has 20 heavy (non-hydrogen) atoms. The van der Waals surface area contributed by atoms with E-state index in [0.29, 0.717) is 17.1 Å². The molecule has 2 aromatic carbocycles. The van der Waals surface area contributed by atoms with Crippen LogP contribution in [0.3, 0.4) is 0 Å². The second-order valence-corrected chi connectivity index (χ2v) is 6.13. The fourth-order valence-corrected chi connectivity index (χ4v) is 2.83. The molecule has 104 valence electrons. The molecule has 1 unspecified atom stereocenters. The molecule has 1 N–H and O–H groups in total. The van der Waals surface area contributed by atoms with Crippen LogP contribution < -0.4 is 5.32 Å². The summed E-state index contributed by atoms with van der Waals surface area (Å²) in [6, 6.07) is 14.7. The average molecular weight is 373 g/mol. The lowest BCUT2D eigenvalue weighted by Crippen LogP contribution is -2.26. The van der Waals surface area contributed by atoms with Gasteiger partial charge in [-0.25, -0.2) is 0 Å². The Morgan fingerprint density at radius 2 is 1.90 bits per heavy atom. The first-order chi connectivity index (χ1) is 9.56. The Labute approximate surface area is 136 Å². The molecule has 0 fully saturated rings. The molecular formula is C15H12BrCl2NO. The number of nitrogens with one attached hydrogen (secondary N) is 1. The van der Waals surface area contributed by atoms with E-state index in [1.807, 2.05) is 30.3 Å². The zero-order chi connectivity index (χ0) is 14.5. The minimum absolute atomic E-state index is 0.199. The molecule has 0 radical (unpaired) electrons. The summed E-state index contributed by atoms with van der Waals surface area (Å²) < 4.78 is 0.764. The van der Waals surface area contributed by atoms with Crippen molar-refractivity contribution in [3.05, 3.63) is 69.2 Å². The summed E-state index contributed by atoms with van der Waals surface area (Å²) in [5.74, 6) is -0.199. The monoisotopic (exact) mass is 371 g/mol. The Kier molecular flexibility index (Phi) is 5.46. The normalized spacial score (nSPS) is 11.9. The minimum atomic E-state index is -0.261. The van der Waals surface area contributed by atoms with Gasteiger partial charge in [0.2, 0.25) is 0 Å². The van der Waals surface area contributed by atoms with Crippen LogP contribution in [0, 0.1) is 0 Å². The molecule has 5 heteroatoms. The quantitative estimate of drug-likeness (QED) is 0.766. The molecule has 0 aromatic heterocycles. The molecule has 2 rings (SSSR count). The Morgan fingerprint density at radius 3 is 2.55 bits per heavy atom. The van der Waals surface area contributed by atoms with Crippen molar-refractivity contribution in [3.63, 3.8) is 0 Å². The van der Waals surface area contributed by atoms with E-state index < -0.39 is 0 Å². The van der Waals surface area contributed by atoms with Gasteiger partial charge in [0.05, 0.1) is 5.38 Å². The van der Waals surface area contributed by atoms with Crippen molar-refractivity contribution >= 4 is 45.0 Å². The second-order valence-electron chi connectivity index (χ2n) is 4.25.